The molecule has 1 N–H and O–H groups in total. The molecule has 2 saturated carbocycles. The number of aliphatic hydroxyl groups excluding tert-OH is 1. The molecule has 21 heavy (non-hydrogen) atoms. The fourth-order valence-electron chi connectivity index (χ4n) is 2.41. The largest absolute Gasteiger partial charge is 0.493 e. The zero-order chi connectivity index (χ0) is 14.8. The van der Waals surface area contributed by atoms with Gasteiger partial charge in [-0.25, -0.2) is 0 Å². The van der Waals surface area contributed by atoms with Gasteiger partial charge in [-0.3, -0.25) is 4.79 Å². The first-order valence-electron chi connectivity index (χ1n) is 7.80. The molecule has 0 heterocycles. The van der Waals surface area contributed by atoms with Crippen LogP contribution in [0.15, 0.2) is 24.3 Å². The number of rotatable bonds is 7. The van der Waals surface area contributed by atoms with E-state index in [4.69, 9.17) is 4.74 Å². The smallest absolute Gasteiger partial charge is 0.253 e. The number of carbonyl (C=O) groups is 1. The van der Waals surface area contributed by atoms with Gasteiger partial charge >= 0.3 is 0 Å². The first kappa shape index (κ1) is 14.4. The molecule has 114 valence electrons. The van der Waals surface area contributed by atoms with Crippen molar-refractivity contribution in [2.75, 3.05) is 20.2 Å². The molecule has 1 aromatic carbocycles. The number of likely N-dealkylation sites (N-methyl/N-ethyl adjacent to an activating group) is 1. The van der Waals surface area contributed by atoms with Crippen molar-refractivity contribution >= 4 is 5.91 Å². The van der Waals surface area contributed by atoms with Gasteiger partial charge in [-0.15, -0.1) is 0 Å². The number of aliphatic hydroxyl groups is 1. The maximum Gasteiger partial charge on any atom is 0.253 e. The van der Waals surface area contributed by atoms with E-state index in [0.717, 1.165) is 31.1 Å². The van der Waals surface area contributed by atoms with Crippen LogP contribution in [0.25, 0.3) is 0 Å². The Morgan fingerprint density at radius 2 is 1.95 bits per heavy atom. The lowest BCUT2D eigenvalue weighted by atomic mass is 10.1. The molecule has 0 radical (unpaired) electrons. The van der Waals surface area contributed by atoms with E-state index in [2.05, 4.69) is 0 Å². The molecule has 0 bridgehead atoms. The van der Waals surface area contributed by atoms with Crippen molar-refractivity contribution in [3.63, 3.8) is 0 Å². The van der Waals surface area contributed by atoms with Crippen molar-refractivity contribution in [2.24, 2.45) is 11.8 Å². The Morgan fingerprint density at radius 3 is 2.52 bits per heavy atom. The fourth-order valence-corrected chi connectivity index (χ4v) is 2.41. The molecular weight excluding hydrogens is 266 g/mol. The van der Waals surface area contributed by atoms with E-state index in [0.29, 0.717) is 18.0 Å². The Kier molecular flexibility index (Phi) is 4.15. The number of ether oxygens (including phenoxy) is 1. The Labute approximate surface area is 125 Å². The zero-order valence-electron chi connectivity index (χ0n) is 12.5. The quantitative estimate of drug-likeness (QED) is 0.838. The summed E-state index contributed by atoms with van der Waals surface area (Å²) in [6.45, 7) is 1.18. The van der Waals surface area contributed by atoms with E-state index in [-0.39, 0.29) is 12.0 Å². The summed E-state index contributed by atoms with van der Waals surface area (Å²) in [6, 6.07) is 7.29. The van der Waals surface area contributed by atoms with E-state index in [9.17, 15) is 9.90 Å². The SMILES string of the molecule is CN(CC(O)C1CC1)C(=O)c1ccc(OCC2CC2)cc1. The molecule has 0 spiro atoms. The molecule has 0 aliphatic heterocycles. The zero-order valence-corrected chi connectivity index (χ0v) is 12.5. The first-order valence-corrected chi connectivity index (χ1v) is 7.80. The lowest BCUT2D eigenvalue weighted by Gasteiger charge is -2.21. The third kappa shape index (κ3) is 3.97. The predicted octanol–water partition coefficient (Wildman–Crippen LogP) is 2.32. The number of hydrogen-bond donors (Lipinski definition) is 1. The molecule has 2 fully saturated rings. The highest BCUT2D eigenvalue weighted by Crippen LogP contribution is 2.33. The molecule has 0 saturated heterocycles. The number of benzene rings is 1. The van der Waals surface area contributed by atoms with Crippen LogP contribution in [0.3, 0.4) is 0 Å². The van der Waals surface area contributed by atoms with Crippen LogP contribution in [-0.2, 0) is 0 Å². The summed E-state index contributed by atoms with van der Waals surface area (Å²) in [5.74, 6) is 1.88. The standard InChI is InChI=1S/C17H23NO3/c1-18(10-16(19)13-4-5-13)17(20)14-6-8-15(9-7-14)21-11-12-2-3-12/h6-9,12-13,16,19H,2-5,10-11H2,1H3. The average molecular weight is 289 g/mol. The number of nitrogens with zero attached hydrogens (tertiary/aromatic N) is 1. The second-order valence-corrected chi connectivity index (χ2v) is 6.37. The van der Waals surface area contributed by atoms with Crippen LogP contribution in [0.2, 0.25) is 0 Å². The van der Waals surface area contributed by atoms with Crippen molar-refractivity contribution in [2.45, 2.75) is 31.8 Å². The molecule has 3 rings (SSSR count). The Balaban J connectivity index is 1.52. The summed E-state index contributed by atoms with van der Waals surface area (Å²) < 4.78 is 5.66. The minimum atomic E-state index is -0.389. The van der Waals surface area contributed by atoms with Gasteiger partial charge in [0.05, 0.1) is 12.7 Å². The van der Waals surface area contributed by atoms with Gasteiger partial charge in [0.2, 0.25) is 0 Å². The lowest BCUT2D eigenvalue weighted by Crippen LogP contribution is -2.35. The van der Waals surface area contributed by atoms with E-state index in [1.165, 1.54) is 12.8 Å². The van der Waals surface area contributed by atoms with Gasteiger partial charge in [-0.1, -0.05) is 0 Å². The lowest BCUT2D eigenvalue weighted by molar-refractivity contribution is 0.0645. The van der Waals surface area contributed by atoms with Crippen LogP contribution in [0.4, 0.5) is 0 Å². The molecule has 4 heteroatoms. The second-order valence-electron chi connectivity index (χ2n) is 6.37. The highest BCUT2D eigenvalue weighted by molar-refractivity contribution is 5.94. The summed E-state index contributed by atoms with van der Waals surface area (Å²) >= 11 is 0. The molecule has 1 unspecified atom stereocenters. The monoisotopic (exact) mass is 289 g/mol. The van der Waals surface area contributed by atoms with Gasteiger partial charge in [-0.2, -0.15) is 0 Å². The van der Waals surface area contributed by atoms with Gasteiger partial charge < -0.3 is 14.7 Å². The molecule has 1 amide bonds. The van der Waals surface area contributed by atoms with Crippen molar-refractivity contribution in [1.82, 2.24) is 4.90 Å². The summed E-state index contributed by atoms with van der Waals surface area (Å²) in [4.78, 5) is 13.9. The number of carbonyl (C=O) groups excluding carboxylic acids is 1. The molecule has 4 nitrogen and oxygen atoms in total. The molecule has 1 atom stereocenters. The third-order valence-electron chi connectivity index (χ3n) is 4.26. The molecule has 1 aromatic rings. The minimum absolute atomic E-state index is 0.0524. The van der Waals surface area contributed by atoms with E-state index < -0.39 is 0 Å². The van der Waals surface area contributed by atoms with Crippen molar-refractivity contribution in [3.05, 3.63) is 29.8 Å². The van der Waals surface area contributed by atoms with E-state index in [1.807, 2.05) is 12.1 Å². The summed E-state index contributed by atoms with van der Waals surface area (Å²) in [5, 5.41) is 9.91. The first-order chi connectivity index (χ1) is 10.1. The van der Waals surface area contributed by atoms with Crippen LogP contribution in [0, 0.1) is 11.8 Å². The van der Waals surface area contributed by atoms with Gasteiger partial charge in [0.15, 0.2) is 0 Å². The molecule has 2 aliphatic carbocycles. The summed E-state index contributed by atoms with van der Waals surface area (Å²) in [5.41, 5.74) is 0.638. The van der Waals surface area contributed by atoms with Crippen LogP contribution in [0.1, 0.15) is 36.0 Å². The van der Waals surface area contributed by atoms with Crippen molar-refractivity contribution in [3.8, 4) is 5.75 Å². The Morgan fingerprint density at radius 1 is 1.29 bits per heavy atom. The topological polar surface area (TPSA) is 49.8 Å². The third-order valence-corrected chi connectivity index (χ3v) is 4.26. The summed E-state index contributed by atoms with van der Waals surface area (Å²) in [7, 11) is 1.74. The normalized spacial score (nSPS) is 19.1. The van der Waals surface area contributed by atoms with Crippen LogP contribution < -0.4 is 4.74 Å². The predicted molar refractivity (Wildman–Crippen MR) is 80.4 cm³/mol. The maximum atomic E-state index is 12.3. The van der Waals surface area contributed by atoms with Gasteiger partial charge in [0.1, 0.15) is 5.75 Å². The van der Waals surface area contributed by atoms with Crippen molar-refractivity contribution < 1.29 is 14.6 Å². The number of hydrogen-bond acceptors (Lipinski definition) is 3. The van der Waals surface area contributed by atoms with Crippen molar-refractivity contribution in [1.29, 1.82) is 0 Å². The highest BCUT2D eigenvalue weighted by atomic mass is 16.5. The van der Waals surface area contributed by atoms with Gasteiger partial charge in [0, 0.05) is 19.2 Å². The highest BCUT2D eigenvalue weighted by Gasteiger charge is 2.31. The fraction of sp³-hybridized carbons (Fsp3) is 0.588. The Bertz CT molecular complexity index is 491. The van der Waals surface area contributed by atoms with E-state index in [1.54, 1.807) is 24.1 Å². The molecule has 2 aliphatic rings. The van der Waals surface area contributed by atoms with Crippen LogP contribution >= 0.6 is 0 Å². The number of amides is 1. The van der Waals surface area contributed by atoms with Crippen LogP contribution in [0.5, 0.6) is 5.75 Å². The molecular formula is C17H23NO3. The Hall–Kier alpha value is -1.55. The van der Waals surface area contributed by atoms with Gasteiger partial charge in [0.25, 0.3) is 5.91 Å². The van der Waals surface area contributed by atoms with Gasteiger partial charge in [-0.05, 0) is 61.8 Å². The molecule has 0 aromatic heterocycles. The maximum absolute atomic E-state index is 12.3. The minimum Gasteiger partial charge on any atom is -0.493 e. The summed E-state index contributed by atoms with van der Waals surface area (Å²) in [6.07, 6.45) is 4.31. The van der Waals surface area contributed by atoms with E-state index >= 15 is 0 Å². The van der Waals surface area contributed by atoms with Crippen LogP contribution in [-0.4, -0.2) is 42.2 Å². The average Bonchev–Trinajstić information content (AvgIpc) is 3.38. The second kappa shape index (κ2) is 6.06.